The Labute approximate surface area is 124 Å². The molecule has 0 aromatic heterocycles. The van der Waals surface area contributed by atoms with Gasteiger partial charge in [-0.25, -0.2) is 0 Å². The minimum Gasteiger partial charge on any atom is -0.480 e. The maximum absolute atomic E-state index is 12.3. The molecule has 0 spiro atoms. The molecule has 3 N–H and O–H groups in total. The van der Waals surface area contributed by atoms with E-state index in [2.05, 4.69) is 4.72 Å². The van der Waals surface area contributed by atoms with Crippen molar-refractivity contribution in [1.82, 2.24) is 9.03 Å². The number of aliphatic carboxylic acids is 1. The van der Waals surface area contributed by atoms with Crippen molar-refractivity contribution in [3.05, 3.63) is 0 Å². The van der Waals surface area contributed by atoms with Gasteiger partial charge in [-0.2, -0.15) is 17.4 Å². The van der Waals surface area contributed by atoms with Crippen LogP contribution in [-0.2, 0) is 19.7 Å². The average Bonchev–Trinajstić information content (AvgIpc) is 2.46. The highest BCUT2D eigenvalue weighted by atomic mass is 32.2. The van der Waals surface area contributed by atoms with E-state index in [0.29, 0.717) is 45.3 Å². The number of nitrogens with zero attached hydrogens (tertiary/aromatic N) is 1. The number of rotatable bonds is 5. The fourth-order valence-electron chi connectivity index (χ4n) is 2.68. The van der Waals surface area contributed by atoms with E-state index in [4.69, 9.17) is 9.84 Å². The lowest BCUT2D eigenvalue weighted by Crippen LogP contribution is -2.55. The summed E-state index contributed by atoms with van der Waals surface area (Å²) >= 11 is 0. The van der Waals surface area contributed by atoms with Crippen molar-refractivity contribution in [2.75, 3.05) is 26.3 Å². The van der Waals surface area contributed by atoms with Crippen LogP contribution in [0.2, 0.25) is 0 Å². The molecule has 8 nitrogen and oxygen atoms in total. The lowest BCUT2D eigenvalue weighted by atomic mass is 9.95. The summed E-state index contributed by atoms with van der Waals surface area (Å²) in [6, 6.07) is -1.03. The summed E-state index contributed by atoms with van der Waals surface area (Å²) in [5.41, 5.74) is -1.13. The molecular weight excluding hydrogens is 300 g/mol. The molecule has 1 atom stereocenters. The summed E-state index contributed by atoms with van der Waals surface area (Å²) in [5.74, 6) is -1.13. The Balaban J connectivity index is 2.01. The van der Waals surface area contributed by atoms with Gasteiger partial charge < -0.3 is 14.9 Å². The third kappa shape index (κ3) is 4.13. The fraction of sp³-hybridized carbons (Fsp3) is 0.917. The molecule has 0 aromatic carbocycles. The van der Waals surface area contributed by atoms with E-state index in [9.17, 15) is 18.3 Å². The summed E-state index contributed by atoms with van der Waals surface area (Å²) < 4.78 is 33.1. The van der Waals surface area contributed by atoms with Gasteiger partial charge in [0.15, 0.2) is 0 Å². The predicted octanol–water partition coefficient (Wildman–Crippen LogP) is -0.699. The second-order valence-corrected chi connectivity index (χ2v) is 7.33. The maximum Gasteiger partial charge on any atom is 0.322 e. The van der Waals surface area contributed by atoms with Crippen LogP contribution < -0.4 is 4.72 Å². The second-order valence-electron chi connectivity index (χ2n) is 5.62. The molecule has 2 saturated heterocycles. The molecular formula is C12H22N2O6S. The third-order valence-electron chi connectivity index (χ3n) is 4.05. The quantitative estimate of drug-likeness (QED) is 0.616. The van der Waals surface area contributed by atoms with Crippen LogP contribution in [0.25, 0.3) is 0 Å². The minimum atomic E-state index is -3.91. The molecule has 0 aliphatic carbocycles. The average molecular weight is 322 g/mol. The van der Waals surface area contributed by atoms with E-state index in [1.807, 2.05) is 0 Å². The lowest BCUT2D eigenvalue weighted by Gasteiger charge is -2.35. The Kier molecular flexibility index (Phi) is 5.20. The number of hydrogen-bond acceptors (Lipinski definition) is 5. The van der Waals surface area contributed by atoms with Crippen molar-refractivity contribution in [2.24, 2.45) is 0 Å². The molecule has 2 aliphatic heterocycles. The molecule has 2 heterocycles. The summed E-state index contributed by atoms with van der Waals surface area (Å²) in [6.07, 6.45) is 2.37. The van der Waals surface area contributed by atoms with E-state index in [-0.39, 0.29) is 13.1 Å². The number of nitrogens with one attached hydrogen (secondary N) is 1. The van der Waals surface area contributed by atoms with Crippen molar-refractivity contribution in [1.29, 1.82) is 0 Å². The first-order chi connectivity index (χ1) is 9.84. The van der Waals surface area contributed by atoms with Crippen molar-refractivity contribution in [2.45, 2.75) is 43.7 Å². The molecule has 1 unspecified atom stereocenters. The van der Waals surface area contributed by atoms with Gasteiger partial charge in [-0.15, -0.1) is 0 Å². The van der Waals surface area contributed by atoms with Gasteiger partial charge >= 0.3 is 5.97 Å². The normalized spacial score (nSPS) is 27.4. The van der Waals surface area contributed by atoms with Crippen LogP contribution in [-0.4, -0.2) is 66.9 Å². The molecule has 0 saturated carbocycles. The van der Waals surface area contributed by atoms with Crippen molar-refractivity contribution in [3.63, 3.8) is 0 Å². The van der Waals surface area contributed by atoms with Crippen molar-refractivity contribution < 1.29 is 28.2 Å². The van der Waals surface area contributed by atoms with Gasteiger partial charge in [0, 0.05) is 39.1 Å². The first-order valence-corrected chi connectivity index (χ1v) is 8.57. The van der Waals surface area contributed by atoms with Crippen LogP contribution in [0.15, 0.2) is 0 Å². The van der Waals surface area contributed by atoms with Gasteiger partial charge in [0.1, 0.15) is 6.04 Å². The van der Waals surface area contributed by atoms with Crippen molar-refractivity contribution in [3.8, 4) is 0 Å². The van der Waals surface area contributed by atoms with Gasteiger partial charge in [0.2, 0.25) is 0 Å². The predicted molar refractivity (Wildman–Crippen MR) is 73.9 cm³/mol. The molecule has 122 valence electrons. The Morgan fingerprint density at radius 3 is 2.62 bits per heavy atom. The van der Waals surface area contributed by atoms with Crippen LogP contribution in [0.1, 0.15) is 32.1 Å². The number of carbonyl (C=O) groups is 1. The molecule has 2 fully saturated rings. The number of aliphatic hydroxyl groups is 1. The Hall–Kier alpha value is -0.740. The first-order valence-electron chi connectivity index (χ1n) is 7.13. The Bertz CT molecular complexity index is 474. The van der Waals surface area contributed by atoms with Gasteiger partial charge in [0.25, 0.3) is 10.2 Å². The van der Waals surface area contributed by atoms with Gasteiger partial charge in [0.05, 0.1) is 5.60 Å². The van der Waals surface area contributed by atoms with Crippen LogP contribution in [0.3, 0.4) is 0 Å². The van der Waals surface area contributed by atoms with E-state index in [1.54, 1.807) is 0 Å². The highest BCUT2D eigenvalue weighted by molar-refractivity contribution is 7.87. The zero-order chi connectivity index (χ0) is 15.5. The highest BCUT2D eigenvalue weighted by Crippen LogP contribution is 2.22. The number of ether oxygens (including phenoxy) is 1. The highest BCUT2D eigenvalue weighted by Gasteiger charge is 2.38. The summed E-state index contributed by atoms with van der Waals surface area (Å²) in [7, 11) is -3.91. The first kappa shape index (κ1) is 16.6. The fourth-order valence-corrected chi connectivity index (χ4v) is 4.19. The smallest absolute Gasteiger partial charge is 0.322 e. The summed E-state index contributed by atoms with van der Waals surface area (Å²) in [6.45, 7) is 0.842. The molecule has 0 bridgehead atoms. The number of hydrogen-bond donors (Lipinski definition) is 3. The molecule has 0 aromatic rings. The Morgan fingerprint density at radius 2 is 2.00 bits per heavy atom. The standard InChI is InChI=1S/C12H22N2O6S/c15-11(16)10-3-1-2-6-14(10)21(18,19)13-9-12(17)4-7-20-8-5-12/h10,13,17H,1-9H2,(H,15,16). The van der Waals surface area contributed by atoms with Gasteiger partial charge in [-0.1, -0.05) is 0 Å². The SMILES string of the molecule is O=C(O)C1CCCCN1S(=O)(=O)NCC1(O)CCOCC1. The molecule has 21 heavy (non-hydrogen) atoms. The lowest BCUT2D eigenvalue weighted by molar-refractivity contribution is -0.142. The van der Waals surface area contributed by atoms with Crippen LogP contribution in [0.4, 0.5) is 0 Å². The van der Waals surface area contributed by atoms with Gasteiger partial charge in [-0.3, -0.25) is 4.79 Å². The minimum absolute atomic E-state index is 0.123. The molecule has 2 rings (SSSR count). The summed E-state index contributed by atoms with van der Waals surface area (Å²) in [5, 5.41) is 19.4. The molecule has 0 amide bonds. The van der Waals surface area contributed by atoms with Crippen LogP contribution in [0.5, 0.6) is 0 Å². The largest absolute Gasteiger partial charge is 0.480 e. The van der Waals surface area contributed by atoms with Crippen LogP contribution in [0, 0.1) is 0 Å². The van der Waals surface area contributed by atoms with Gasteiger partial charge in [-0.05, 0) is 19.3 Å². The van der Waals surface area contributed by atoms with E-state index < -0.39 is 27.8 Å². The van der Waals surface area contributed by atoms with E-state index in [1.165, 1.54) is 0 Å². The molecule has 0 radical (unpaired) electrons. The topological polar surface area (TPSA) is 116 Å². The van der Waals surface area contributed by atoms with E-state index in [0.717, 1.165) is 4.31 Å². The number of carboxylic acids is 1. The Morgan fingerprint density at radius 1 is 1.33 bits per heavy atom. The second kappa shape index (κ2) is 6.57. The zero-order valence-corrected chi connectivity index (χ0v) is 12.6. The monoisotopic (exact) mass is 322 g/mol. The molecule has 9 heteroatoms. The third-order valence-corrected chi connectivity index (χ3v) is 5.62. The summed E-state index contributed by atoms with van der Waals surface area (Å²) in [4.78, 5) is 11.2. The van der Waals surface area contributed by atoms with E-state index >= 15 is 0 Å². The molecule has 2 aliphatic rings. The number of piperidine rings is 1. The zero-order valence-electron chi connectivity index (χ0n) is 11.8. The maximum atomic E-state index is 12.3. The van der Waals surface area contributed by atoms with Crippen LogP contribution >= 0.6 is 0 Å². The number of carboxylic acid groups (broad SMARTS) is 1. The van der Waals surface area contributed by atoms with Crippen molar-refractivity contribution >= 4 is 16.2 Å².